The van der Waals surface area contributed by atoms with Crippen molar-refractivity contribution >= 4 is 48.0 Å². The van der Waals surface area contributed by atoms with Gasteiger partial charge in [-0.3, -0.25) is 9.59 Å². The first kappa shape index (κ1) is 38.3. The zero-order valence-corrected chi connectivity index (χ0v) is 33.0. The van der Waals surface area contributed by atoms with Gasteiger partial charge in [-0.1, -0.05) is 105 Å². The van der Waals surface area contributed by atoms with Crippen LogP contribution in [0.1, 0.15) is 87.0 Å². The van der Waals surface area contributed by atoms with E-state index in [4.69, 9.17) is 25.9 Å². The average Bonchev–Trinajstić information content (AvgIpc) is 3.89. The Kier molecular flexibility index (Phi) is 10.4. The molecule has 0 unspecified atom stereocenters. The first-order valence-corrected chi connectivity index (χ1v) is 21.2. The van der Waals surface area contributed by atoms with Crippen LogP contribution in [0.15, 0.2) is 78.9 Å². The molecule has 4 aromatic rings. The minimum Gasteiger partial charge on any atom is -0.466 e. The van der Waals surface area contributed by atoms with E-state index >= 15 is 0 Å². The van der Waals surface area contributed by atoms with Crippen molar-refractivity contribution < 1.29 is 31.9 Å². The van der Waals surface area contributed by atoms with Crippen molar-refractivity contribution in [2.45, 2.75) is 95.4 Å². The molecule has 2 fully saturated rings. The van der Waals surface area contributed by atoms with Crippen molar-refractivity contribution in [2.75, 3.05) is 24.6 Å². The lowest BCUT2D eigenvalue weighted by Crippen LogP contribution is -2.69. The Bertz CT molecular complexity index is 1970. The third-order valence-electron chi connectivity index (χ3n) is 11.6. The number of nitrogens with zero attached hydrogens (tertiary/aromatic N) is 3. The van der Waals surface area contributed by atoms with Gasteiger partial charge in [-0.2, -0.15) is 17.9 Å². The molecule has 1 saturated carbocycles. The summed E-state index contributed by atoms with van der Waals surface area (Å²) in [5.74, 6) is -0.920. The second-order valence-corrected chi connectivity index (χ2v) is 20.5. The summed E-state index contributed by atoms with van der Waals surface area (Å²) in [6.07, 6.45) is -1.96. The summed E-state index contributed by atoms with van der Waals surface area (Å²) in [7, 11) is -3.12. The number of aromatic nitrogens is 2. The second-order valence-electron chi connectivity index (χ2n) is 15.8. The molecule has 2 atom stereocenters. The highest BCUT2D eigenvalue weighted by atomic mass is 35.5. The summed E-state index contributed by atoms with van der Waals surface area (Å²) in [6, 6.07) is 24.8. The van der Waals surface area contributed by atoms with Crippen LogP contribution in [0.4, 0.5) is 19.0 Å². The normalized spacial score (nSPS) is 20.0. The van der Waals surface area contributed by atoms with Gasteiger partial charge < -0.3 is 14.1 Å². The first-order chi connectivity index (χ1) is 25.7. The largest absolute Gasteiger partial charge is 0.466 e. The number of halogens is 4. The molecule has 12 heteroatoms. The van der Waals surface area contributed by atoms with Gasteiger partial charge in [0, 0.05) is 18.7 Å². The molecule has 2 heterocycles. The maximum atomic E-state index is 14.5. The lowest BCUT2D eigenvalue weighted by Gasteiger charge is -2.48. The molecular weight excluding hydrogens is 731 g/mol. The van der Waals surface area contributed by atoms with E-state index in [0.717, 1.165) is 28.8 Å². The third kappa shape index (κ3) is 6.59. The Morgan fingerprint density at radius 1 is 0.926 bits per heavy atom. The highest BCUT2D eigenvalue weighted by Gasteiger charge is 2.65. The molecule has 0 bridgehead atoms. The first-order valence-electron chi connectivity index (χ1n) is 18.9. The van der Waals surface area contributed by atoms with E-state index in [1.165, 1.54) is 22.9 Å². The van der Waals surface area contributed by atoms with Crippen molar-refractivity contribution in [2.24, 2.45) is 5.92 Å². The van der Waals surface area contributed by atoms with Crippen LogP contribution in [0.3, 0.4) is 0 Å². The predicted molar refractivity (Wildman–Crippen MR) is 206 cm³/mol. The molecule has 0 N–H and O–H groups in total. The summed E-state index contributed by atoms with van der Waals surface area (Å²) in [6.45, 7) is 9.37. The minimum atomic E-state index is -4.52. The number of carbonyl (C=O) groups excluding carboxylic acids is 2. The molecule has 0 radical (unpaired) electrons. The van der Waals surface area contributed by atoms with E-state index in [2.05, 4.69) is 49.9 Å². The van der Waals surface area contributed by atoms with Gasteiger partial charge in [-0.05, 0) is 78.9 Å². The summed E-state index contributed by atoms with van der Waals surface area (Å²) in [5, 5.41) is 6.72. The predicted octanol–water partition coefficient (Wildman–Crippen LogP) is 8.03. The van der Waals surface area contributed by atoms with Gasteiger partial charge >= 0.3 is 12.1 Å². The highest BCUT2D eigenvalue weighted by molar-refractivity contribution is 6.99. The van der Waals surface area contributed by atoms with Crippen molar-refractivity contribution in [1.82, 2.24) is 9.78 Å². The molecule has 0 amide bonds. The number of hydrogen-bond acceptors (Lipinski definition) is 6. The Balaban J connectivity index is 1.31. The van der Waals surface area contributed by atoms with E-state index < -0.39 is 37.8 Å². The van der Waals surface area contributed by atoms with Gasteiger partial charge in [0.25, 0.3) is 14.2 Å². The Morgan fingerprint density at radius 3 is 2.13 bits per heavy atom. The fraction of sp³-hybridized carbons (Fsp3) is 0.452. The SMILES string of the molecule is CCOC(=O)[C@H]1CCN(c2nn(C(=O)c3c(Cl)cccc3C3(C(F)(F)F)CC3)c3c2CCCC3)C[C@@H]1O[Si](c1ccccc1)(c1ccccc1)C(C)(C)C. The van der Waals surface area contributed by atoms with Crippen molar-refractivity contribution in [3.05, 3.63) is 106 Å². The molecule has 2 aliphatic carbocycles. The molecule has 3 aromatic carbocycles. The number of benzene rings is 3. The Labute approximate surface area is 320 Å². The lowest BCUT2D eigenvalue weighted by atomic mass is 9.90. The number of alkyl halides is 3. The number of esters is 1. The third-order valence-corrected chi connectivity index (χ3v) is 17.0. The summed E-state index contributed by atoms with van der Waals surface area (Å²) in [5.41, 5.74) is -0.743. The molecule has 0 spiro atoms. The molecule has 7 nitrogen and oxygen atoms in total. The number of piperidine rings is 1. The molecule has 1 aromatic heterocycles. The lowest BCUT2D eigenvalue weighted by molar-refractivity contribution is -0.160. The second kappa shape index (κ2) is 14.6. The van der Waals surface area contributed by atoms with E-state index in [1.54, 1.807) is 6.92 Å². The van der Waals surface area contributed by atoms with E-state index in [0.29, 0.717) is 43.9 Å². The molecular formula is C42H47ClF3N3O4Si. The van der Waals surface area contributed by atoms with Crippen LogP contribution in [-0.2, 0) is 32.2 Å². The number of fused-ring (bicyclic) bond motifs is 1. The number of ether oxygens (including phenoxy) is 1. The van der Waals surface area contributed by atoms with Gasteiger partial charge in [0.1, 0.15) is 0 Å². The monoisotopic (exact) mass is 777 g/mol. The standard InChI is InChI=1S/C42H47ClF3N3O4Si/c1-5-52-39(51)31-23-26-48(27-35(31)53-54(40(2,3)4,28-15-8-6-9-16-28)29-17-10-7-11-18-29)37-30-19-12-13-22-34(30)49(47-37)38(50)36-32(20-14-21-33(36)43)41(24-25-41)42(44,45)46/h6-11,14-18,20-21,31,35H,5,12-13,19,22-27H2,1-4H3/t31-,35-/m0/s1. The minimum absolute atomic E-state index is 0.0244. The van der Waals surface area contributed by atoms with Crippen LogP contribution in [0, 0.1) is 5.92 Å². The average molecular weight is 778 g/mol. The molecule has 1 aliphatic heterocycles. The van der Waals surface area contributed by atoms with Crippen LogP contribution in [0.2, 0.25) is 10.1 Å². The van der Waals surface area contributed by atoms with Crippen LogP contribution >= 0.6 is 11.6 Å². The number of rotatable bonds is 9. The fourth-order valence-corrected chi connectivity index (χ4v) is 13.7. The van der Waals surface area contributed by atoms with E-state index in [9.17, 15) is 22.8 Å². The fourth-order valence-electron chi connectivity index (χ4n) is 8.74. The topological polar surface area (TPSA) is 73.7 Å². The summed E-state index contributed by atoms with van der Waals surface area (Å²) in [4.78, 5) is 30.3. The summed E-state index contributed by atoms with van der Waals surface area (Å²) >= 11 is 6.59. The summed E-state index contributed by atoms with van der Waals surface area (Å²) < 4.78 is 57.8. The van der Waals surface area contributed by atoms with Crippen LogP contribution < -0.4 is 15.3 Å². The number of hydrogen-bond donors (Lipinski definition) is 0. The van der Waals surface area contributed by atoms with Crippen molar-refractivity contribution in [1.29, 1.82) is 0 Å². The quantitative estimate of drug-likeness (QED) is 0.127. The van der Waals surface area contributed by atoms with Crippen LogP contribution in [-0.4, -0.2) is 62.0 Å². The smallest absolute Gasteiger partial charge is 0.398 e. The van der Waals surface area contributed by atoms with E-state index in [1.807, 2.05) is 36.4 Å². The van der Waals surface area contributed by atoms with Crippen molar-refractivity contribution in [3.8, 4) is 0 Å². The Hall–Kier alpha value is -3.93. The van der Waals surface area contributed by atoms with Gasteiger partial charge in [0.2, 0.25) is 0 Å². The number of anilines is 1. The molecule has 3 aliphatic rings. The molecule has 7 rings (SSSR count). The molecule has 286 valence electrons. The van der Waals surface area contributed by atoms with Gasteiger partial charge in [-0.25, -0.2) is 0 Å². The van der Waals surface area contributed by atoms with Gasteiger partial charge in [0.15, 0.2) is 5.82 Å². The maximum Gasteiger partial charge on any atom is 0.398 e. The van der Waals surface area contributed by atoms with Gasteiger partial charge in [-0.15, -0.1) is 5.10 Å². The molecule has 1 saturated heterocycles. The van der Waals surface area contributed by atoms with E-state index in [-0.39, 0.29) is 46.6 Å². The Morgan fingerprint density at radius 2 is 1.56 bits per heavy atom. The maximum absolute atomic E-state index is 14.5. The van der Waals surface area contributed by atoms with Crippen LogP contribution in [0.25, 0.3) is 0 Å². The zero-order chi connectivity index (χ0) is 38.5. The highest BCUT2D eigenvalue weighted by Crippen LogP contribution is 2.60. The van der Waals surface area contributed by atoms with Crippen LogP contribution in [0.5, 0.6) is 0 Å². The van der Waals surface area contributed by atoms with Gasteiger partial charge in [0.05, 0.1) is 40.3 Å². The van der Waals surface area contributed by atoms with Crippen molar-refractivity contribution in [3.63, 3.8) is 0 Å². The number of carbonyl (C=O) groups is 2. The molecule has 54 heavy (non-hydrogen) atoms. The zero-order valence-electron chi connectivity index (χ0n) is 31.2.